The summed E-state index contributed by atoms with van der Waals surface area (Å²) in [6.45, 7) is 5.45. The SMILES string of the molecule is Cc1cccc(N2C[C@@H](C(=O)O[C@@H](C)C(=O)N3CC(=O)Nc4ccccc43)CC2=O)c1C. The van der Waals surface area contributed by atoms with Gasteiger partial charge in [-0.1, -0.05) is 24.3 Å². The molecule has 1 fully saturated rings. The molecule has 2 aliphatic heterocycles. The molecule has 2 aliphatic rings. The number of nitrogens with zero attached hydrogens (tertiary/aromatic N) is 2. The number of nitrogens with one attached hydrogen (secondary N) is 1. The molecule has 0 radical (unpaired) electrons. The van der Waals surface area contributed by atoms with Crippen LogP contribution in [0, 0.1) is 19.8 Å². The number of amides is 3. The maximum absolute atomic E-state index is 13.0. The molecule has 8 heteroatoms. The smallest absolute Gasteiger partial charge is 0.312 e. The van der Waals surface area contributed by atoms with Crippen LogP contribution in [-0.2, 0) is 23.9 Å². The predicted octanol–water partition coefficient (Wildman–Crippen LogP) is 2.57. The van der Waals surface area contributed by atoms with E-state index in [1.54, 1.807) is 29.2 Å². The molecule has 2 atom stereocenters. The number of para-hydroxylation sites is 2. The molecule has 0 unspecified atom stereocenters. The summed E-state index contributed by atoms with van der Waals surface area (Å²) in [5, 5.41) is 2.72. The Bertz CT molecular complexity index is 1110. The number of esters is 1. The van der Waals surface area contributed by atoms with E-state index in [0.717, 1.165) is 16.8 Å². The van der Waals surface area contributed by atoms with Gasteiger partial charge in [-0.05, 0) is 50.1 Å². The number of aryl methyl sites for hydroxylation is 1. The summed E-state index contributed by atoms with van der Waals surface area (Å²) >= 11 is 0. The highest BCUT2D eigenvalue weighted by atomic mass is 16.5. The van der Waals surface area contributed by atoms with Crippen molar-refractivity contribution < 1.29 is 23.9 Å². The van der Waals surface area contributed by atoms with Crippen molar-refractivity contribution in [3.8, 4) is 0 Å². The van der Waals surface area contributed by atoms with Gasteiger partial charge in [-0.2, -0.15) is 0 Å². The molecule has 1 N–H and O–H groups in total. The number of rotatable bonds is 4. The minimum Gasteiger partial charge on any atom is -0.452 e. The number of anilines is 3. The van der Waals surface area contributed by atoms with E-state index in [4.69, 9.17) is 4.74 Å². The predicted molar refractivity (Wildman–Crippen MR) is 119 cm³/mol. The summed E-state index contributed by atoms with van der Waals surface area (Å²) in [4.78, 5) is 53.3. The van der Waals surface area contributed by atoms with Crippen LogP contribution in [0.1, 0.15) is 24.5 Å². The second-order valence-corrected chi connectivity index (χ2v) is 8.19. The molecule has 2 aromatic carbocycles. The molecule has 4 rings (SSSR count). The van der Waals surface area contributed by atoms with Gasteiger partial charge < -0.3 is 15.0 Å². The van der Waals surface area contributed by atoms with E-state index in [0.29, 0.717) is 11.4 Å². The molecule has 0 aliphatic carbocycles. The van der Waals surface area contributed by atoms with Crippen molar-refractivity contribution in [1.29, 1.82) is 0 Å². The number of fused-ring (bicyclic) bond motifs is 1. The van der Waals surface area contributed by atoms with Crippen molar-refractivity contribution in [3.63, 3.8) is 0 Å². The Balaban J connectivity index is 1.44. The Hall–Kier alpha value is -3.68. The number of ether oxygens (including phenoxy) is 1. The van der Waals surface area contributed by atoms with Crippen LogP contribution in [0.15, 0.2) is 42.5 Å². The molecule has 166 valence electrons. The van der Waals surface area contributed by atoms with Crippen LogP contribution in [0.3, 0.4) is 0 Å². The molecule has 8 nitrogen and oxygen atoms in total. The van der Waals surface area contributed by atoms with Crippen molar-refractivity contribution in [2.24, 2.45) is 5.92 Å². The van der Waals surface area contributed by atoms with Crippen molar-refractivity contribution in [3.05, 3.63) is 53.6 Å². The number of carbonyl (C=O) groups excluding carboxylic acids is 4. The number of carbonyl (C=O) groups is 4. The maximum atomic E-state index is 13.0. The minimum absolute atomic E-state index is 0.0298. The molecule has 0 spiro atoms. The molecular weight excluding hydrogens is 410 g/mol. The van der Waals surface area contributed by atoms with Gasteiger partial charge in [0.1, 0.15) is 6.54 Å². The fraction of sp³-hybridized carbons (Fsp3) is 0.333. The molecule has 0 aromatic heterocycles. The summed E-state index contributed by atoms with van der Waals surface area (Å²) in [6.07, 6.45) is -1.06. The van der Waals surface area contributed by atoms with Gasteiger partial charge in [0.2, 0.25) is 11.8 Å². The molecule has 2 heterocycles. The second kappa shape index (κ2) is 8.45. The van der Waals surface area contributed by atoms with Gasteiger partial charge >= 0.3 is 5.97 Å². The van der Waals surface area contributed by atoms with Crippen molar-refractivity contribution in [2.75, 3.05) is 28.2 Å². The highest BCUT2D eigenvalue weighted by Crippen LogP contribution is 2.31. The Morgan fingerprint density at radius 1 is 1.06 bits per heavy atom. The van der Waals surface area contributed by atoms with E-state index in [-0.39, 0.29) is 31.3 Å². The van der Waals surface area contributed by atoms with Crippen LogP contribution in [0.4, 0.5) is 17.1 Å². The van der Waals surface area contributed by atoms with Gasteiger partial charge in [0.25, 0.3) is 5.91 Å². The van der Waals surface area contributed by atoms with Crippen LogP contribution in [-0.4, -0.2) is 42.9 Å². The number of hydrogen-bond acceptors (Lipinski definition) is 5. The lowest BCUT2D eigenvalue weighted by Gasteiger charge is -2.31. The topological polar surface area (TPSA) is 96.0 Å². The zero-order valence-electron chi connectivity index (χ0n) is 18.3. The summed E-state index contributed by atoms with van der Waals surface area (Å²) in [5.74, 6) is -2.21. The Labute approximate surface area is 186 Å². The van der Waals surface area contributed by atoms with E-state index in [2.05, 4.69) is 5.32 Å². The first-order chi connectivity index (χ1) is 15.3. The van der Waals surface area contributed by atoms with Crippen molar-refractivity contribution in [2.45, 2.75) is 33.3 Å². The minimum atomic E-state index is -1.09. The Kier molecular flexibility index (Phi) is 5.69. The summed E-state index contributed by atoms with van der Waals surface area (Å²) in [6, 6.07) is 12.7. The van der Waals surface area contributed by atoms with E-state index in [9.17, 15) is 19.2 Å². The number of hydrogen-bond donors (Lipinski definition) is 1. The van der Waals surface area contributed by atoms with E-state index < -0.39 is 23.9 Å². The normalized spacial score (nSPS) is 18.8. The lowest BCUT2D eigenvalue weighted by molar-refractivity contribution is -0.157. The fourth-order valence-corrected chi connectivity index (χ4v) is 4.10. The summed E-state index contributed by atoms with van der Waals surface area (Å²) in [7, 11) is 0. The molecule has 0 bridgehead atoms. The molecule has 0 saturated carbocycles. The van der Waals surface area contributed by atoms with Crippen molar-refractivity contribution >= 4 is 40.8 Å². The lowest BCUT2D eigenvalue weighted by Crippen LogP contribution is -2.47. The van der Waals surface area contributed by atoms with Gasteiger partial charge in [-0.15, -0.1) is 0 Å². The van der Waals surface area contributed by atoms with Crippen LogP contribution in [0.25, 0.3) is 0 Å². The van der Waals surface area contributed by atoms with Gasteiger partial charge in [0.15, 0.2) is 6.10 Å². The highest BCUT2D eigenvalue weighted by molar-refractivity contribution is 6.11. The monoisotopic (exact) mass is 435 g/mol. The zero-order chi connectivity index (χ0) is 23.0. The van der Waals surface area contributed by atoms with Gasteiger partial charge in [0.05, 0.1) is 17.3 Å². The summed E-state index contributed by atoms with van der Waals surface area (Å²) in [5.41, 5.74) is 3.91. The average molecular weight is 435 g/mol. The standard InChI is InChI=1S/C24H25N3O5/c1-14-7-6-10-19(15(14)2)26-12-17(11-22(26)29)24(31)32-16(3)23(30)27-13-21(28)25-18-8-4-5-9-20(18)27/h4-10,16-17H,11-13H2,1-3H3,(H,25,28)/t16-,17-/m0/s1. The Morgan fingerprint density at radius 3 is 2.56 bits per heavy atom. The quantitative estimate of drug-likeness (QED) is 0.745. The third kappa shape index (κ3) is 3.95. The molecule has 2 aromatic rings. The first-order valence-corrected chi connectivity index (χ1v) is 10.5. The van der Waals surface area contributed by atoms with Crippen LogP contribution in [0.5, 0.6) is 0 Å². The molecule has 3 amide bonds. The van der Waals surface area contributed by atoms with E-state index in [1.807, 2.05) is 32.0 Å². The van der Waals surface area contributed by atoms with Gasteiger partial charge in [-0.25, -0.2) is 0 Å². The third-order valence-corrected chi connectivity index (χ3v) is 6.00. The van der Waals surface area contributed by atoms with Gasteiger partial charge in [0, 0.05) is 18.7 Å². The zero-order valence-corrected chi connectivity index (χ0v) is 18.3. The van der Waals surface area contributed by atoms with Gasteiger partial charge in [-0.3, -0.25) is 24.1 Å². The van der Waals surface area contributed by atoms with Crippen LogP contribution >= 0.6 is 0 Å². The fourth-order valence-electron chi connectivity index (χ4n) is 4.10. The molecular formula is C24H25N3O5. The second-order valence-electron chi connectivity index (χ2n) is 8.19. The Morgan fingerprint density at radius 2 is 1.78 bits per heavy atom. The maximum Gasteiger partial charge on any atom is 0.312 e. The first-order valence-electron chi connectivity index (χ1n) is 10.5. The molecule has 32 heavy (non-hydrogen) atoms. The van der Waals surface area contributed by atoms with Crippen molar-refractivity contribution in [1.82, 2.24) is 0 Å². The highest BCUT2D eigenvalue weighted by Gasteiger charge is 2.39. The lowest BCUT2D eigenvalue weighted by atomic mass is 10.1. The average Bonchev–Trinajstić information content (AvgIpc) is 3.16. The van der Waals surface area contributed by atoms with E-state index in [1.165, 1.54) is 11.8 Å². The largest absolute Gasteiger partial charge is 0.452 e. The molecule has 1 saturated heterocycles. The first kappa shape index (κ1) is 21.5. The van der Waals surface area contributed by atoms with Crippen LogP contribution in [0.2, 0.25) is 0 Å². The number of benzene rings is 2. The van der Waals surface area contributed by atoms with E-state index >= 15 is 0 Å². The third-order valence-electron chi connectivity index (χ3n) is 6.00. The summed E-state index contributed by atoms with van der Waals surface area (Å²) < 4.78 is 5.45. The van der Waals surface area contributed by atoms with Crippen LogP contribution < -0.4 is 15.1 Å².